The van der Waals surface area contributed by atoms with E-state index in [9.17, 15) is 0 Å². The van der Waals surface area contributed by atoms with Crippen molar-refractivity contribution in [2.75, 3.05) is 33.4 Å². The van der Waals surface area contributed by atoms with Gasteiger partial charge in [0, 0.05) is 32.3 Å². The molecule has 21 heavy (non-hydrogen) atoms. The fourth-order valence-electron chi connectivity index (χ4n) is 3.07. The summed E-state index contributed by atoms with van der Waals surface area (Å²) in [7, 11) is 1.79. The summed E-state index contributed by atoms with van der Waals surface area (Å²) in [5, 5.41) is 3.54. The van der Waals surface area contributed by atoms with Crippen LogP contribution in [0.5, 0.6) is 0 Å². The summed E-state index contributed by atoms with van der Waals surface area (Å²) < 4.78 is 5.35. The van der Waals surface area contributed by atoms with Crippen molar-refractivity contribution in [3.05, 3.63) is 35.9 Å². The molecule has 3 nitrogen and oxygen atoms in total. The Hall–Kier alpha value is -0.900. The summed E-state index contributed by atoms with van der Waals surface area (Å²) in [5.74, 6) is 0.870. The quantitative estimate of drug-likeness (QED) is 0.716. The number of methoxy groups -OCH3 is 1. The van der Waals surface area contributed by atoms with Crippen LogP contribution in [0, 0.1) is 5.92 Å². The van der Waals surface area contributed by atoms with Gasteiger partial charge in [0.15, 0.2) is 0 Å². The number of hydrogen-bond donors (Lipinski definition) is 1. The molecule has 0 aliphatic heterocycles. The first-order chi connectivity index (χ1) is 10.3. The summed E-state index contributed by atoms with van der Waals surface area (Å²) >= 11 is 0. The molecule has 0 bridgehead atoms. The maximum Gasteiger partial charge on any atom is 0.0590 e. The largest absolute Gasteiger partial charge is 0.383 e. The molecular formula is C18H30N2O. The van der Waals surface area contributed by atoms with E-state index in [0.29, 0.717) is 12.1 Å². The van der Waals surface area contributed by atoms with E-state index < -0.39 is 0 Å². The van der Waals surface area contributed by atoms with Crippen molar-refractivity contribution in [1.82, 2.24) is 10.2 Å². The van der Waals surface area contributed by atoms with Gasteiger partial charge in [-0.05, 0) is 37.8 Å². The number of likely N-dealkylation sites (N-methyl/N-ethyl adjacent to an activating group) is 1. The number of nitrogens with one attached hydrogen (secondary N) is 1. The fourth-order valence-corrected chi connectivity index (χ4v) is 3.07. The van der Waals surface area contributed by atoms with E-state index in [4.69, 9.17) is 4.74 Å². The molecular weight excluding hydrogens is 260 g/mol. The van der Waals surface area contributed by atoms with Gasteiger partial charge in [-0.1, -0.05) is 37.3 Å². The minimum absolute atomic E-state index is 0.428. The average molecular weight is 290 g/mol. The summed E-state index contributed by atoms with van der Waals surface area (Å²) in [4.78, 5) is 2.64. The summed E-state index contributed by atoms with van der Waals surface area (Å²) in [6.07, 6.45) is 2.76. The lowest BCUT2D eigenvalue weighted by Gasteiger charge is -2.37. The highest BCUT2D eigenvalue weighted by Crippen LogP contribution is 2.38. The van der Waals surface area contributed by atoms with Crippen LogP contribution in [-0.2, 0) is 4.74 Å². The van der Waals surface area contributed by atoms with E-state index in [-0.39, 0.29) is 0 Å². The zero-order valence-corrected chi connectivity index (χ0v) is 13.7. The van der Waals surface area contributed by atoms with Crippen molar-refractivity contribution in [2.24, 2.45) is 5.92 Å². The van der Waals surface area contributed by atoms with E-state index in [2.05, 4.69) is 54.4 Å². The minimum Gasteiger partial charge on any atom is -0.383 e. The molecule has 118 valence electrons. The predicted octanol–water partition coefficient (Wildman–Crippen LogP) is 3.08. The molecule has 0 aromatic heterocycles. The maximum absolute atomic E-state index is 5.35. The Labute approximate surface area is 129 Å². The van der Waals surface area contributed by atoms with Gasteiger partial charge in [-0.15, -0.1) is 0 Å². The van der Waals surface area contributed by atoms with Crippen molar-refractivity contribution >= 4 is 0 Å². The predicted molar refractivity (Wildman–Crippen MR) is 88.5 cm³/mol. The highest BCUT2D eigenvalue weighted by molar-refractivity contribution is 5.20. The van der Waals surface area contributed by atoms with Gasteiger partial charge in [-0.2, -0.15) is 0 Å². The zero-order valence-electron chi connectivity index (χ0n) is 13.7. The third kappa shape index (κ3) is 4.80. The molecule has 0 saturated heterocycles. The smallest absolute Gasteiger partial charge is 0.0590 e. The normalized spacial score (nSPS) is 17.9. The SMILES string of the molecule is CCNCC(c1ccccc1)N(CCOC)C(C)C1CC1. The lowest BCUT2D eigenvalue weighted by molar-refractivity contribution is 0.0802. The van der Waals surface area contributed by atoms with Crippen molar-refractivity contribution in [1.29, 1.82) is 0 Å². The Morgan fingerprint density at radius 3 is 2.57 bits per heavy atom. The molecule has 2 atom stereocenters. The molecule has 2 unspecified atom stereocenters. The van der Waals surface area contributed by atoms with Crippen LogP contribution in [0.25, 0.3) is 0 Å². The second-order valence-electron chi connectivity index (χ2n) is 6.04. The Kier molecular flexibility index (Phi) is 6.68. The topological polar surface area (TPSA) is 24.5 Å². The molecule has 1 aromatic rings. The van der Waals surface area contributed by atoms with Gasteiger partial charge in [0.1, 0.15) is 0 Å². The maximum atomic E-state index is 5.35. The van der Waals surface area contributed by atoms with Crippen molar-refractivity contribution in [2.45, 2.75) is 38.8 Å². The number of nitrogens with zero attached hydrogens (tertiary/aromatic N) is 1. The van der Waals surface area contributed by atoms with Gasteiger partial charge in [0.25, 0.3) is 0 Å². The molecule has 1 aliphatic carbocycles. The van der Waals surface area contributed by atoms with E-state index in [0.717, 1.165) is 32.2 Å². The Balaban J connectivity index is 2.15. The van der Waals surface area contributed by atoms with Crippen LogP contribution < -0.4 is 5.32 Å². The molecule has 1 fully saturated rings. The molecule has 0 spiro atoms. The highest BCUT2D eigenvalue weighted by Gasteiger charge is 2.35. The fraction of sp³-hybridized carbons (Fsp3) is 0.667. The van der Waals surface area contributed by atoms with Crippen molar-refractivity contribution < 1.29 is 4.74 Å². The average Bonchev–Trinajstić information content (AvgIpc) is 3.35. The van der Waals surface area contributed by atoms with Crippen LogP contribution in [-0.4, -0.2) is 44.3 Å². The number of ether oxygens (including phenoxy) is 1. The zero-order chi connectivity index (χ0) is 15.1. The molecule has 1 aromatic carbocycles. The molecule has 1 saturated carbocycles. The van der Waals surface area contributed by atoms with E-state index >= 15 is 0 Å². The molecule has 0 radical (unpaired) electrons. The van der Waals surface area contributed by atoms with Gasteiger partial charge in [0.2, 0.25) is 0 Å². The highest BCUT2D eigenvalue weighted by atomic mass is 16.5. The molecule has 0 heterocycles. The molecule has 1 aliphatic rings. The van der Waals surface area contributed by atoms with Gasteiger partial charge >= 0.3 is 0 Å². The van der Waals surface area contributed by atoms with Gasteiger partial charge in [-0.3, -0.25) is 4.90 Å². The van der Waals surface area contributed by atoms with Crippen molar-refractivity contribution in [3.63, 3.8) is 0 Å². The van der Waals surface area contributed by atoms with Crippen molar-refractivity contribution in [3.8, 4) is 0 Å². The Bertz CT molecular complexity index is 391. The minimum atomic E-state index is 0.428. The van der Waals surface area contributed by atoms with Crippen LogP contribution in [0.15, 0.2) is 30.3 Å². The summed E-state index contributed by atoms with van der Waals surface area (Å²) in [6.45, 7) is 8.37. The van der Waals surface area contributed by atoms with Gasteiger partial charge in [0.05, 0.1) is 6.61 Å². The van der Waals surface area contributed by atoms with Crippen LogP contribution in [0.2, 0.25) is 0 Å². The van der Waals surface area contributed by atoms with Crippen LogP contribution in [0.4, 0.5) is 0 Å². The van der Waals surface area contributed by atoms with Crippen LogP contribution in [0.1, 0.15) is 38.3 Å². The van der Waals surface area contributed by atoms with Gasteiger partial charge < -0.3 is 10.1 Å². The second-order valence-corrected chi connectivity index (χ2v) is 6.04. The van der Waals surface area contributed by atoms with E-state index in [1.807, 2.05) is 0 Å². The van der Waals surface area contributed by atoms with E-state index in [1.165, 1.54) is 18.4 Å². The number of benzene rings is 1. The molecule has 2 rings (SSSR count). The molecule has 1 N–H and O–H groups in total. The second kappa shape index (κ2) is 8.52. The Morgan fingerprint density at radius 1 is 1.29 bits per heavy atom. The standard InChI is InChI=1S/C18H30N2O/c1-4-19-14-18(17-8-6-5-7-9-17)20(12-13-21-3)15(2)16-10-11-16/h5-9,15-16,18-19H,4,10-14H2,1-3H3. The van der Waals surface area contributed by atoms with E-state index in [1.54, 1.807) is 7.11 Å². The first-order valence-corrected chi connectivity index (χ1v) is 8.28. The third-order valence-electron chi connectivity index (χ3n) is 4.55. The molecule has 0 amide bonds. The van der Waals surface area contributed by atoms with Crippen LogP contribution in [0.3, 0.4) is 0 Å². The Morgan fingerprint density at radius 2 is 2.00 bits per heavy atom. The third-order valence-corrected chi connectivity index (χ3v) is 4.55. The number of rotatable bonds is 10. The lowest BCUT2D eigenvalue weighted by atomic mass is 10.0. The first-order valence-electron chi connectivity index (χ1n) is 8.28. The number of hydrogen-bond acceptors (Lipinski definition) is 3. The summed E-state index contributed by atoms with van der Waals surface area (Å²) in [6, 6.07) is 11.9. The monoisotopic (exact) mass is 290 g/mol. The van der Waals surface area contributed by atoms with Gasteiger partial charge in [-0.25, -0.2) is 0 Å². The first kappa shape index (κ1) is 16.5. The van der Waals surface area contributed by atoms with Crippen LogP contribution >= 0.6 is 0 Å². The lowest BCUT2D eigenvalue weighted by Crippen LogP contribution is -2.44. The molecule has 3 heteroatoms. The summed E-state index contributed by atoms with van der Waals surface area (Å²) in [5.41, 5.74) is 1.40.